The minimum absolute atomic E-state index is 0.804. The molecule has 4 nitrogen and oxygen atoms in total. The van der Waals surface area contributed by atoms with Crippen LogP contribution in [0.3, 0.4) is 0 Å². The normalized spacial score (nSPS) is 18.9. The van der Waals surface area contributed by atoms with Crippen LogP contribution >= 0.6 is 11.3 Å². The Morgan fingerprint density at radius 1 is 1.56 bits per heavy atom. The van der Waals surface area contributed by atoms with Crippen LogP contribution in [0.25, 0.3) is 0 Å². The molecule has 0 radical (unpaired) electrons. The van der Waals surface area contributed by atoms with Gasteiger partial charge < -0.3 is 0 Å². The van der Waals surface area contributed by atoms with E-state index in [2.05, 4.69) is 22.2 Å². The summed E-state index contributed by atoms with van der Waals surface area (Å²) in [4.78, 5) is 8.00. The van der Waals surface area contributed by atoms with Crippen molar-refractivity contribution in [1.29, 1.82) is 0 Å². The molecule has 1 aliphatic heterocycles. The fourth-order valence-electron chi connectivity index (χ4n) is 2.22. The number of anilines is 1. The third-order valence-corrected chi connectivity index (χ3v) is 4.25. The first-order valence-corrected chi connectivity index (χ1v) is 6.77. The third-order valence-electron chi connectivity index (χ3n) is 3.34. The molecule has 1 aromatic rings. The summed E-state index contributed by atoms with van der Waals surface area (Å²) in [5.41, 5.74) is 2.59. The van der Waals surface area contributed by atoms with Crippen LogP contribution in [0.1, 0.15) is 31.1 Å². The van der Waals surface area contributed by atoms with Gasteiger partial charge in [-0.05, 0) is 31.8 Å². The standard InChI is InChI=1S/C11H20N4S/c1-2-9-3-5-15(6-4-9)8-10-7-13-11(14-12)16-10/h7,9H,2-6,8,12H2,1H3,(H,13,14). The monoisotopic (exact) mass is 240 g/mol. The van der Waals surface area contributed by atoms with Crippen LogP contribution in [0, 0.1) is 5.92 Å². The summed E-state index contributed by atoms with van der Waals surface area (Å²) in [7, 11) is 0. The summed E-state index contributed by atoms with van der Waals surface area (Å²) in [6.45, 7) is 5.77. The highest BCUT2D eigenvalue weighted by atomic mass is 32.1. The maximum absolute atomic E-state index is 5.32. The number of hydrogen-bond acceptors (Lipinski definition) is 5. The van der Waals surface area contributed by atoms with Crippen molar-refractivity contribution in [1.82, 2.24) is 9.88 Å². The van der Waals surface area contributed by atoms with Gasteiger partial charge in [-0.25, -0.2) is 10.8 Å². The lowest BCUT2D eigenvalue weighted by Gasteiger charge is -2.30. The molecule has 0 amide bonds. The van der Waals surface area contributed by atoms with Crippen LogP contribution in [0.5, 0.6) is 0 Å². The van der Waals surface area contributed by atoms with Gasteiger partial charge in [0.05, 0.1) is 0 Å². The number of thiazole rings is 1. The lowest BCUT2D eigenvalue weighted by Crippen LogP contribution is -2.32. The van der Waals surface area contributed by atoms with Gasteiger partial charge in [0.1, 0.15) is 0 Å². The van der Waals surface area contributed by atoms with E-state index in [1.807, 2.05) is 6.20 Å². The molecule has 2 heterocycles. The molecule has 0 unspecified atom stereocenters. The highest BCUT2D eigenvalue weighted by Gasteiger charge is 2.18. The van der Waals surface area contributed by atoms with Crippen LogP contribution < -0.4 is 11.3 Å². The maximum Gasteiger partial charge on any atom is 0.197 e. The predicted molar refractivity (Wildman–Crippen MR) is 68.2 cm³/mol. The minimum Gasteiger partial charge on any atom is -0.300 e. The first-order valence-electron chi connectivity index (χ1n) is 5.95. The number of likely N-dealkylation sites (tertiary alicyclic amines) is 1. The fourth-order valence-corrected chi connectivity index (χ4v) is 2.99. The second kappa shape index (κ2) is 5.61. The number of rotatable bonds is 4. The van der Waals surface area contributed by atoms with E-state index >= 15 is 0 Å². The van der Waals surface area contributed by atoms with Crippen LogP contribution in [0.15, 0.2) is 6.20 Å². The van der Waals surface area contributed by atoms with E-state index in [-0.39, 0.29) is 0 Å². The number of nitrogens with two attached hydrogens (primary N) is 1. The molecule has 90 valence electrons. The predicted octanol–water partition coefficient (Wildman–Crippen LogP) is 2.05. The van der Waals surface area contributed by atoms with Crippen molar-refractivity contribution in [3.05, 3.63) is 11.1 Å². The molecule has 16 heavy (non-hydrogen) atoms. The molecule has 0 spiro atoms. The molecular formula is C11H20N4S. The van der Waals surface area contributed by atoms with Crippen molar-refractivity contribution in [3.8, 4) is 0 Å². The van der Waals surface area contributed by atoms with Gasteiger partial charge in [-0.15, -0.1) is 0 Å². The number of nitrogen functional groups attached to an aromatic ring is 1. The summed E-state index contributed by atoms with van der Waals surface area (Å²) in [6, 6.07) is 0. The van der Waals surface area contributed by atoms with Crippen molar-refractivity contribution >= 4 is 16.5 Å². The molecule has 2 rings (SSSR count). The van der Waals surface area contributed by atoms with Gasteiger partial charge in [0, 0.05) is 17.6 Å². The molecule has 5 heteroatoms. The largest absolute Gasteiger partial charge is 0.300 e. The Labute approximate surface area is 101 Å². The zero-order chi connectivity index (χ0) is 11.4. The van der Waals surface area contributed by atoms with Gasteiger partial charge >= 0.3 is 0 Å². The van der Waals surface area contributed by atoms with Gasteiger partial charge in [-0.1, -0.05) is 24.7 Å². The van der Waals surface area contributed by atoms with E-state index in [9.17, 15) is 0 Å². The van der Waals surface area contributed by atoms with Crippen LogP contribution in [0.2, 0.25) is 0 Å². The van der Waals surface area contributed by atoms with Gasteiger partial charge in [0.25, 0.3) is 0 Å². The number of aromatic nitrogens is 1. The van der Waals surface area contributed by atoms with Crippen LogP contribution in [0.4, 0.5) is 5.13 Å². The second-order valence-electron chi connectivity index (χ2n) is 4.40. The van der Waals surface area contributed by atoms with Crippen molar-refractivity contribution in [3.63, 3.8) is 0 Å². The smallest absolute Gasteiger partial charge is 0.197 e. The topological polar surface area (TPSA) is 54.2 Å². The molecule has 0 atom stereocenters. The molecular weight excluding hydrogens is 220 g/mol. The Kier molecular flexibility index (Phi) is 4.15. The van der Waals surface area contributed by atoms with Crippen molar-refractivity contribution < 1.29 is 0 Å². The second-order valence-corrected chi connectivity index (χ2v) is 5.52. The van der Waals surface area contributed by atoms with E-state index in [0.717, 1.165) is 17.6 Å². The van der Waals surface area contributed by atoms with Crippen molar-refractivity contribution in [2.45, 2.75) is 32.7 Å². The van der Waals surface area contributed by atoms with Gasteiger partial charge in [0.2, 0.25) is 0 Å². The number of piperidine rings is 1. The summed E-state index contributed by atoms with van der Waals surface area (Å²) < 4.78 is 0. The maximum atomic E-state index is 5.32. The van der Waals surface area contributed by atoms with Gasteiger partial charge in [0.15, 0.2) is 5.13 Å². The molecule has 0 saturated carbocycles. The van der Waals surface area contributed by atoms with E-state index in [1.165, 1.54) is 37.2 Å². The molecule has 1 fully saturated rings. The zero-order valence-electron chi connectivity index (χ0n) is 9.78. The van der Waals surface area contributed by atoms with Gasteiger partial charge in [-0.2, -0.15) is 0 Å². The van der Waals surface area contributed by atoms with Crippen LogP contribution in [-0.4, -0.2) is 23.0 Å². The van der Waals surface area contributed by atoms with E-state index in [1.54, 1.807) is 11.3 Å². The Morgan fingerprint density at radius 2 is 2.31 bits per heavy atom. The minimum atomic E-state index is 0.804. The first kappa shape index (κ1) is 11.8. The third kappa shape index (κ3) is 2.93. The summed E-state index contributed by atoms with van der Waals surface area (Å²) >= 11 is 1.64. The highest BCUT2D eigenvalue weighted by molar-refractivity contribution is 7.15. The average molecular weight is 240 g/mol. The fraction of sp³-hybridized carbons (Fsp3) is 0.727. The SMILES string of the molecule is CCC1CCN(Cc2cnc(NN)s2)CC1. The molecule has 1 aliphatic rings. The Morgan fingerprint density at radius 3 is 2.88 bits per heavy atom. The quantitative estimate of drug-likeness (QED) is 0.625. The molecule has 0 bridgehead atoms. The number of hydrazine groups is 1. The number of nitrogens with one attached hydrogen (secondary N) is 1. The summed E-state index contributed by atoms with van der Waals surface area (Å²) in [5, 5.41) is 0.804. The van der Waals surface area contributed by atoms with Crippen molar-refractivity contribution in [2.75, 3.05) is 18.5 Å². The number of nitrogens with zero attached hydrogens (tertiary/aromatic N) is 2. The summed E-state index contributed by atoms with van der Waals surface area (Å²) in [5.74, 6) is 6.26. The van der Waals surface area contributed by atoms with Gasteiger partial charge in [-0.3, -0.25) is 10.3 Å². The molecule has 0 aromatic carbocycles. The Bertz CT molecular complexity index is 318. The highest BCUT2D eigenvalue weighted by Crippen LogP contribution is 2.24. The average Bonchev–Trinajstić information content (AvgIpc) is 2.78. The lowest BCUT2D eigenvalue weighted by molar-refractivity contribution is 0.176. The van der Waals surface area contributed by atoms with Crippen molar-refractivity contribution in [2.24, 2.45) is 11.8 Å². The van der Waals surface area contributed by atoms with E-state index in [0.29, 0.717) is 0 Å². The molecule has 0 aliphatic carbocycles. The zero-order valence-corrected chi connectivity index (χ0v) is 10.6. The Balaban J connectivity index is 1.82. The molecule has 1 aromatic heterocycles. The first-order chi connectivity index (χ1) is 7.81. The summed E-state index contributed by atoms with van der Waals surface area (Å²) in [6.07, 6.45) is 5.94. The molecule has 1 saturated heterocycles. The van der Waals surface area contributed by atoms with E-state index in [4.69, 9.17) is 5.84 Å². The van der Waals surface area contributed by atoms with E-state index < -0.39 is 0 Å². The van der Waals surface area contributed by atoms with Crippen LogP contribution in [-0.2, 0) is 6.54 Å². The molecule has 3 N–H and O–H groups in total. The lowest BCUT2D eigenvalue weighted by atomic mass is 9.94. The Hall–Kier alpha value is -0.650. The number of hydrogen-bond donors (Lipinski definition) is 2.